The van der Waals surface area contributed by atoms with Crippen LogP contribution in [-0.2, 0) is 4.74 Å². The van der Waals surface area contributed by atoms with E-state index in [0.29, 0.717) is 5.69 Å². The van der Waals surface area contributed by atoms with Crippen LogP contribution in [0.3, 0.4) is 0 Å². The molecular weight excluding hydrogens is 242 g/mol. The zero-order valence-corrected chi connectivity index (χ0v) is 11.7. The summed E-state index contributed by atoms with van der Waals surface area (Å²) >= 11 is 0. The highest BCUT2D eigenvalue weighted by molar-refractivity contribution is 6.83. The van der Waals surface area contributed by atoms with Gasteiger partial charge in [0.25, 0.3) is 0 Å². The fourth-order valence-electron chi connectivity index (χ4n) is 1.46. The van der Waals surface area contributed by atoms with Crippen LogP contribution in [0.25, 0.3) is 10.9 Å². The average molecular weight is 257 g/mol. The van der Waals surface area contributed by atoms with Gasteiger partial charge in [-0.1, -0.05) is 43.4 Å². The number of esters is 1. The molecule has 1 heterocycles. The Morgan fingerprint density at radius 2 is 2.00 bits per heavy atom. The molecule has 0 saturated heterocycles. The molecule has 0 aliphatic carbocycles. The van der Waals surface area contributed by atoms with Gasteiger partial charge in [-0.3, -0.25) is 0 Å². The number of nitrogens with one attached hydrogen (secondary N) is 1. The molecule has 0 spiro atoms. The molecule has 1 N–H and O–H groups in total. The lowest BCUT2D eigenvalue weighted by atomic mass is 10.2. The number of H-pyrrole nitrogens is 1. The van der Waals surface area contributed by atoms with Crippen LogP contribution in [0.4, 0.5) is 0 Å². The topological polar surface area (TPSA) is 42.1 Å². The summed E-state index contributed by atoms with van der Waals surface area (Å²) in [5.41, 5.74) is 4.34. The monoisotopic (exact) mass is 257 g/mol. The summed E-state index contributed by atoms with van der Waals surface area (Å²) in [6.07, 6.45) is 2.51. The van der Waals surface area contributed by atoms with Crippen LogP contribution in [0, 0.1) is 11.7 Å². The molecule has 1 aromatic heterocycles. The summed E-state index contributed by atoms with van der Waals surface area (Å²) in [5, 5.41) is 0.989. The molecule has 4 heteroatoms. The van der Waals surface area contributed by atoms with Gasteiger partial charge in [0.1, 0.15) is 19.9 Å². The third kappa shape index (κ3) is 3.02. The van der Waals surface area contributed by atoms with Crippen molar-refractivity contribution < 1.29 is 9.53 Å². The molecule has 0 unspecified atom stereocenters. The highest BCUT2D eigenvalue weighted by atomic mass is 28.3. The van der Waals surface area contributed by atoms with Crippen molar-refractivity contribution in [3.8, 4) is 11.7 Å². The van der Waals surface area contributed by atoms with E-state index in [0.717, 1.165) is 10.9 Å². The SMILES string of the molecule is C[Si](C)(C)C#COC(=O)c1cc2ccccc2[nH]1. The number of carbonyl (C=O) groups excluding carboxylic acids is 1. The number of hydrogen-bond acceptors (Lipinski definition) is 2. The van der Waals surface area contributed by atoms with E-state index in [1.54, 1.807) is 6.07 Å². The van der Waals surface area contributed by atoms with Crippen LogP contribution >= 0.6 is 0 Å². The lowest BCUT2D eigenvalue weighted by Crippen LogP contribution is -2.16. The lowest BCUT2D eigenvalue weighted by molar-refractivity contribution is 0.0685. The number of rotatable bonds is 1. The predicted octanol–water partition coefficient (Wildman–Crippen LogP) is 3.16. The Morgan fingerprint density at radius 1 is 1.28 bits per heavy atom. The van der Waals surface area contributed by atoms with Crippen LogP contribution in [0.2, 0.25) is 19.6 Å². The normalized spacial score (nSPS) is 10.8. The van der Waals surface area contributed by atoms with E-state index in [2.05, 4.69) is 36.3 Å². The van der Waals surface area contributed by atoms with E-state index in [9.17, 15) is 4.79 Å². The second-order valence-corrected chi connectivity index (χ2v) is 9.89. The van der Waals surface area contributed by atoms with Crippen molar-refractivity contribution in [2.24, 2.45) is 0 Å². The van der Waals surface area contributed by atoms with E-state index < -0.39 is 14.0 Å². The Balaban J connectivity index is 2.16. The molecule has 18 heavy (non-hydrogen) atoms. The second kappa shape index (κ2) is 4.71. The first-order chi connectivity index (χ1) is 8.46. The van der Waals surface area contributed by atoms with Gasteiger partial charge in [0.2, 0.25) is 0 Å². The zero-order chi connectivity index (χ0) is 13.2. The Hall–Kier alpha value is -1.99. The molecule has 0 amide bonds. The van der Waals surface area contributed by atoms with Gasteiger partial charge in [0.15, 0.2) is 0 Å². The molecule has 92 valence electrons. The molecule has 2 rings (SSSR count). The molecule has 1 aromatic carbocycles. The van der Waals surface area contributed by atoms with E-state index >= 15 is 0 Å². The van der Waals surface area contributed by atoms with Crippen molar-refractivity contribution >= 4 is 24.9 Å². The minimum atomic E-state index is -1.51. The minimum Gasteiger partial charge on any atom is -0.368 e. The fourth-order valence-corrected chi connectivity index (χ4v) is 1.82. The lowest BCUT2D eigenvalue weighted by Gasteiger charge is -2.02. The molecule has 2 aromatic rings. The second-order valence-electron chi connectivity index (χ2n) is 5.14. The molecule has 3 nitrogen and oxygen atoms in total. The first kappa shape index (κ1) is 12.5. The average Bonchev–Trinajstić information content (AvgIpc) is 2.70. The highest BCUT2D eigenvalue weighted by Gasteiger charge is 2.11. The van der Waals surface area contributed by atoms with E-state index in [1.807, 2.05) is 24.3 Å². The van der Waals surface area contributed by atoms with Crippen molar-refractivity contribution in [3.63, 3.8) is 0 Å². The van der Waals surface area contributed by atoms with Crippen molar-refractivity contribution in [2.75, 3.05) is 0 Å². The van der Waals surface area contributed by atoms with E-state index in [-0.39, 0.29) is 0 Å². The fraction of sp³-hybridized carbons (Fsp3) is 0.214. The maximum absolute atomic E-state index is 11.8. The van der Waals surface area contributed by atoms with Crippen LogP contribution in [0.5, 0.6) is 0 Å². The van der Waals surface area contributed by atoms with E-state index in [4.69, 9.17) is 4.74 Å². The number of hydrogen-bond donors (Lipinski definition) is 1. The van der Waals surface area contributed by atoms with Gasteiger partial charge in [-0.25, -0.2) is 4.79 Å². The standard InChI is InChI=1S/C14H15NO2Si/c1-18(2,3)9-8-17-14(16)13-10-11-6-4-5-7-12(11)15-13/h4-7,10,15H,1-3H3. The quantitative estimate of drug-likeness (QED) is 0.484. The predicted molar refractivity (Wildman–Crippen MR) is 74.8 cm³/mol. The molecule has 0 radical (unpaired) electrons. The number of aromatic amines is 1. The first-order valence-electron chi connectivity index (χ1n) is 5.77. The summed E-state index contributed by atoms with van der Waals surface area (Å²) in [7, 11) is -1.51. The van der Waals surface area contributed by atoms with E-state index in [1.165, 1.54) is 0 Å². The Kier molecular flexibility index (Phi) is 3.26. The third-order valence-corrected chi connectivity index (χ3v) is 3.17. The summed E-state index contributed by atoms with van der Waals surface area (Å²) in [5.74, 6) is -0.433. The molecule has 0 aliphatic rings. The molecule has 0 aliphatic heterocycles. The number of ether oxygens (including phenoxy) is 1. The first-order valence-corrected chi connectivity index (χ1v) is 9.27. The Morgan fingerprint density at radius 3 is 2.67 bits per heavy atom. The van der Waals surface area contributed by atoms with Crippen LogP contribution in [0.15, 0.2) is 30.3 Å². The van der Waals surface area contributed by atoms with Gasteiger partial charge in [-0.2, -0.15) is 0 Å². The van der Waals surface area contributed by atoms with Crippen LogP contribution < -0.4 is 0 Å². The molecular formula is C14H15NO2Si. The van der Waals surface area contributed by atoms with Gasteiger partial charge < -0.3 is 9.72 Å². The molecule has 0 fully saturated rings. The van der Waals surface area contributed by atoms with Gasteiger partial charge in [-0.15, -0.1) is 0 Å². The number of benzene rings is 1. The summed E-state index contributed by atoms with van der Waals surface area (Å²) in [6.45, 7) is 6.28. The zero-order valence-electron chi connectivity index (χ0n) is 10.7. The van der Waals surface area contributed by atoms with Crippen molar-refractivity contribution in [1.82, 2.24) is 4.98 Å². The van der Waals surface area contributed by atoms with Crippen LogP contribution in [-0.4, -0.2) is 19.0 Å². The van der Waals surface area contributed by atoms with Gasteiger partial charge in [0, 0.05) is 10.9 Å². The van der Waals surface area contributed by atoms with Gasteiger partial charge in [0.05, 0.1) is 0 Å². The van der Waals surface area contributed by atoms with Crippen molar-refractivity contribution in [3.05, 3.63) is 36.0 Å². The minimum absolute atomic E-state index is 0.432. The van der Waals surface area contributed by atoms with Gasteiger partial charge in [-0.05, 0) is 12.1 Å². The van der Waals surface area contributed by atoms with Crippen molar-refractivity contribution in [1.29, 1.82) is 0 Å². The number of carbonyl (C=O) groups is 1. The maximum atomic E-state index is 11.8. The van der Waals surface area contributed by atoms with Crippen molar-refractivity contribution in [2.45, 2.75) is 19.6 Å². The van der Waals surface area contributed by atoms with Gasteiger partial charge >= 0.3 is 5.97 Å². The highest BCUT2D eigenvalue weighted by Crippen LogP contribution is 2.15. The molecule has 0 bridgehead atoms. The molecule has 0 saturated carbocycles. The number of fused-ring (bicyclic) bond motifs is 1. The smallest absolute Gasteiger partial charge is 0.368 e. The Labute approximate surface area is 107 Å². The molecule has 0 atom stereocenters. The third-order valence-electron chi connectivity index (χ3n) is 2.32. The van der Waals surface area contributed by atoms with Crippen LogP contribution in [0.1, 0.15) is 10.5 Å². The number of aromatic nitrogens is 1. The maximum Gasteiger partial charge on any atom is 0.368 e. The summed E-state index contributed by atoms with van der Waals surface area (Å²) in [4.78, 5) is 14.8. The largest absolute Gasteiger partial charge is 0.368 e. The Bertz CT molecular complexity index is 608. The summed E-state index contributed by atoms with van der Waals surface area (Å²) in [6, 6.07) is 9.47. The number of para-hydroxylation sites is 1. The summed E-state index contributed by atoms with van der Waals surface area (Å²) < 4.78 is 4.94.